The van der Waals surface area contributed by atoms with E-state index in [2.05, 4.69) is 30.2 Å². The van der Waals surface area contributed by atoms with Gasteiger partial charge in [-0.25, -0.2) is 0 Å². The number of hydrogen-bond acceptors (Lipinski definition) is 2. The van der Waals surface area contributed by atoms with Gasteiger partial charge in [-0.1, -0.05) is 13.8 Å². The van der Waals surface area contributed by atoms with Gasteiger partial charge in [0.2, 0.25) is 0 Å². The molecule has 0 amide bonds. The minimum absolute atomic E-state index is 0.435. The quantitative estimate of drug-likeness (QED) is 0.637. The summed E-state index contributed by atoms with van der Waals surface area (Å²) in [5, 5.41) is 3.46. The van der Waals surface area contributed by atoms with E-state index in [1.165, 1.54) is 5.69 Å². The maximum Gasteiger partial charge on any atom is 0.0213 e. The first-order valence-electron chi connectivity index (χ1n) is 5.29. The van der Waals surface area contributed by atoms with Gasteiger partial charge >= 0.3 is 0 Å². The van der Waals surface area contributed by atoms with Gasteiger partial charge in [-0.05, 0) is 24.5 Å². The van der Waals surface area contributed by atoms with Gasteiger partial charge in [0.15, 0.2) is 0 Å². The Kier molecular flexibility index (Phi) is 4.70. The Labute approximate surface area is 86.1 Å². The van der Waals surface area contributed by atoms with Gasteiger partial charge in [-0.2, -0.15) is 0 Å². The second-order valence-corrected chi connectivity index (χ2v) is 3.99. The van der Waals surface area contributed by atoms with Crippen molar-refractivity contribution in [1.82, 2.24) is 10.3 Å². The van der Waals surface area contributed by atoms with Gasteiger partial charge in [-0.15, -0.1) is 0 Å². The highest BCUT2D eigenvalue weighted by molar-refractivity contribution is 5.03. The summed E-state index contributed by atoms with van der Waals surface area (Å²) in [4.78, 5) is 3.19. The van der Waals surface area contributed by atoms with Gasteiger partial charge in [0.05, 0.1) is 0 Å². The van der Waals surface area contributed by atoms with E-state index in [-0.39, 0.29) is 0 Å². The van der Waals surface area contributed by atoms with Crippen molar-refractivity contribution in [3.05, 3.63) is 24.0 Å². The molecule has 0 spiro atoms. The first kappa shape index (κ1) is 11.3. The van der Waals surface area contributed by atoms with Crippen molar-refractivity contribution in [3.8, 4) is 0 Å². The maximum atomic E-state index is 5.66. The van der Waals surface area contributed by atoms with Crippen molar-refractivity contribution >= 4 is 0 Å². The van der Waals surface area contributed by atoms with Gasteiger partial charge < -0.3 is 16.0 Å². The fourth-order valence-corrected chi connectivity index (χ4v) is 1.51. The topological polar surface area (TPSA) is 53.8 Å². The molecule has 3 heteroatoms. The Morgan fingerprint density at radius 3 is 2.79 bits per heavy atom. The van der Waals surface area contributed by atoms with Gasteiger partial charge in [0.25, 0.3) is 0 Å². The van der Waals surface area contributed by atoms with Crippen LogP contribution in [0.1, 0.15) is 19.5 Å². The van der Waals surface area contributed by atoms with Crippen LogP contribution in [0.25, 0.3) is 0 Å². The third-order valence-corrected chi connectivity index (χ3v) is 2.52. The standard InChI is InChI=1S/C11H21N3/c1-9(2)11(8-12)14-7-5-10-4-3-6-13-10/h3-4,6,9,11,13-14H,5,7-8,12H2,1-2H3. The fourth-order valence-electron chi connectivity index (χ4n) is 1.51. The fraction of sp³-hybridized carbons (Fsp3) is 0.636. The van der Waals surface area contributed by atoms with E-state index in [0.29, 0.717) is 18.5 Å². The molecule has 0 aliphatic carbocycles. The number of aromatic nitrogens is 1. The summed E-state index contributed by atoms with van der Waals surface area (Å²) in [6, 6.07) is 4.57. The van der Waals surface area contributed by atoms with Crippen LogP contribution in [0.4, 0.5) is 0 Å². The molecule has 0 saturated heterocycles. The average molecular weight is 195 g/mol. The summed E-state index contributed by atoms with van der Waals surface area (Å²) in [6.07, 6.45) is 2.99. The van der Waals surface area contributed by atoms with E-state index in [4.69, 9.17) is 5.73 Å². The molecule has 0 aliphatic rings. The molecule has 1 aromatic rings. The van der Waals surface area contributed by atoms with E-state index in [1.54, 1.807) is 0 Å². The molecule has 80 valence electrons. The lowest BCUT2D eigenvalue weighted by Crippen LogP contribution is -2.41. The Bertz CT molecular complexity index is 229. The van der Waals surface area contributed by atoms with Crippen LogP contribution in [0, 0.1) is 5.92 Å². The number of aromatic amines is 1. The summed E-state index contributed by atoms with van der Waals surface area (Å²) >= 11 is 0. The summed E-state index contributed by atoms with van der Waals surface area (Å²) in [5.41, 5.74) is 6.94. The molecule has 1 rings (SSSR count). The molecule has 1 aromatic heterocycles. The van der Waals surface area contributed by atoms with Gasteiger partial charge in [0, 0.05) is 31.0 Å². The van der Waals surface area contributed by atoms with E-state index < -0.39 is 0 Å². The molecule has 0 fully saturated rings. The lowest BCUT2D eigenvalue weighted by molar-refractivity contribution is 0.408. The summed E-state index contributed by atoms with van der Waals surface area (Å²) in [7, 11) is 0. The maximum absolute atomic E-state index is 5.66. The Hall–Kier alpha value is -0.800. The van der Waals surface area contributed by atoms with Crippen molar-refractivity contribution in [2.24, 2.45) is 11.7 Å². The van der Waals surface area contributed by atoms with Crippen molar-refractivity contribution in [1.29, 1.82) is 0 Å². The zero-order chi connectivity index (χ0) is 10.4. The molecule has 0 aliphatic heterocycles. The highest BCUT2D eigenvalue weighted by Gasteiger charge is 2.09. The van der Waals surface area contributed by atoms with E-state index >= 15 is 0 Å². The summed E-state index contributed by atoms with van der Waals surface area (Å²) < 4.78 is 0. The number of H-pyrrole nitrogens is 1. The van der Waals surface area contributed by atoms with Crippen LogP contribution in [0.3, 0.4) is 0 Å². The van der Waals surface area contributed by atoms with Crippen molar-refractivity contribution in [3.63, 3.8) is 0 Å². The van der Waals surface area contributed by atoms with Crippen LogP contribution < -0.4 is 11.1 Å². The molecule has 1 unspecified atom stereocenters. The Morgan fingerprint density at radius 2 is 2.29 bits per heavy atom. The van der Waals surface area contributed by atoms with Crippen LogP contribution in [0.5, 0.6) is 0 Å². The van der Waals surface area contributed by atoms with Crippen LogP contribution >= 0.6 is 0 Å². The van der Waals surface area contributed by atoms with Crippen LogP contribution in [0.15, 0.2) is 18.3 Å². The Balaban J connectivity index is 2.20. The van der Waals surface area contributed by atoms with Crippen molar-refractivity contribution < 1.29 is 0 Å². The molecule has 4 N–H and O–H groups in total. The zero-order valence-electron chi connectivity index (χ0n) is 9.09. The molecular formula is C11H21N3. The SMILES string of the molecule is CC(C)C(CN)NCCc1ccc[nH]1. The van der Waals surface area contributed by atoms with Crippen LogP contribution in [-0.2, 0) is 6.42 Å². The molecule has 0 radical (unpaired) electrons. The minimum atomic E-state index is 0.435. The van der Waals surface area contributed by atoms with E-state index in [1.807, 2.05) is 12.3 Å². The van der Waals surface area contributed by atoms with Gasteiger partial charge in [0.1, 0.15) is 0 Å². The molecule has 0 bridgehead atoms. The molecular weight excluding hydrogens is 174 g/mol. The zero-order valence-corrected chi connectivity index (χ0v) is 9.09. The summed E-state index contributed by atoms with van der Waals surface area (Å²) in [6.45, 7) is 6.08. The lowest BCUT2D eigenvalue weighted by atomic mass is 10.0. The second kappa shape index (κ2) is 5.83. The number of rotatable bonds is 6. The van der Waals surface area contributed by atoms with E-state index in [9.17, 15) is 0 Å². The van der Waals surface area contributed by atoms with Gasteiger partial charge in [-0.3, -0.25) is 0 Å². The highest BCUT2D eigenvalue weighted by Crippen LogP contribution is 2.00. The third kappa shape index (κ3) is 3.52. The first-order chi connectivity index (χ1) is 6.74. The smallest absolute Gasteiger partial charge is 0.0213 e. The monoisotopic (exact) mass is 195 g/mol. The summed E-state index contributed by atoms with van der Waals surface area (Å²) in [5.74, 6) is 0.601. The molecule has 0 saturated carbocycles. The molecule has 3 nitrogen and oxygen atoms in total. The predicted octanol–water partition coefficient (Wildman–Crippen LogP) is 1.13. The molecule has 1 atom stereocenters. The predicted molar refractivity (Wildman–Crippen MR) is 60.2 cm³/mol. The second-order valence-electron chi connectivity index (χ2n) is 3.99. The number of nitrogens with one attached hydrogen (secondary N) is 2. The van der Waals surface area contributed by atoms with Crippen LogP contribution in [-0.4, -0.2) is 24.1 Å². The van der Waals surface area contributed by atoms with Crippen molar-refractivity contribution in [2.75, 3.05) is 13.1 Å². The van der Waals surface area contributed by atoms with E-state index in [0.717, 1.165) is 13.0 Å². The highest BCUT2D eigenvalue weighted by atomic mass is 14.9. The number of nitrogens with two attached hydrogens (primary N) is 1. The number of hydrogen-bond donors (Lipinski definition) is 3. The largest absolute Gasteiger partial charge is 0.365 e. The Morgan fingerprint density at radius 1 is 1.50 bits per heavy atom. The average Bonchev–Trinajstić information content (AvgIpc) is 2.64. The molecule has 0 aromatic carbocycles. The van der Waals surface area contributed by atoms with Crippen LogP contribution in [0.2, 0.25) is 0 Å². The van der Waals surface area contributed by atoms with Crippen molar-refractivity contribution in [2.45, 2.75) is 26.3 Å². The lowest BCUT2D eigenvalue weighted by Gasteiger charge is -2.20. The molecule has 1 heterocycles. The first-order valence-corrected chi connectivity index (χ1v) is 5.29. The third-order valence-electron chi connectivity index (χ3n) is 2.52. The molecule has 14 heavy (non-hydrogen) atoms. The minimum Gasteiger partial charge on any atom is -0.365 e. The normalized spacial score (nSPS) is 13.4.